The van der Waals surface area contributed by atoms with E-state index in [9.17, 15) is 9.59 Å². The van der Waals surface area contributed by atoms with Gasteiger partial charge in [0.1, 0.15) is 5.00 Å². The van der Waals surface area contributed by atoms with Crippen molar-refractivity contribution in [1.29, 1.82) is 0 Å². The first kappa shape index (κ1) is 16.2. The zero-order valence-electron chi connectivity index (χ0n) is 12.3. The first-order chi connectivity index (χ1) is 9.42. The molecule has 0 aromatic carbocycles. The monoisotopic (exact) mass is 295 g/mol. The molecular weight excluding hydrogens is 274 g/mol. The molecule has 1 heterocycles. The van der Waals surface area contributed by atoms with Crippen LogP contribution in [0.3, 0.4) is 0 Å². The number of thiophene rings is 1. The van der Waals surface area contributed by atoms with E-state index < -0.39 is 0 Å². The Bertz CT molecular complexity index is 543. The van der Waals surface area contributed by atoms with Crippen LogP contribution < -0.4 is 16.4 Å². The second-order valence-electron chi connectivity index (χ2n) is 4.57. The fourth-order valence-corrected chi connectivity index (χ4v) is 2.77. The van der Waals surface area contributed by atoms with E-state index in [1.54, 1.807) is 14.0 Å². The topological polar surface area (TPSA) is 84.2 Å². The largest absolute Gasteiger partial charge is 0.397 e. The predicted octanol–water partition coefficient (Wildman–Crippen LogP) is 2.66. The van der Waals surface area contributed by atoms with E-state index in [0.717, 1.165) is 0 Å². The highest BCUT2D eigenvalue weighted by molar-refractivity contribution is 7.19. The highest BCUT2D eigenvalue weighted by Gasteiger charge is 2.23. The summed E-state index contributed by atoms with van der Waals surface area (Å²) in [6.07, 6.45) is 2.37. The number of hydrogen-bond donors (Lipinski definition) is 3. The molecule has 0 spiro atoms. The molecule has 1 aromatic heterocycles. The van der Waals surface area contributed by atoms with E-state index in [1.165, 1.54) is 16.9 Å². The molecule has 1 aromatic rings. The lowest BCUT2D eigenvalue weighted by molar-refractivity contribution is 0.0964. The number of carbonyl (C=O) groups is 2. The standard InChI is InChI=1S/C14H21N3O2S/c1-5-9(18)12-11(15)10(13(19)16-4)14(20-12)17-7-6-8(2)3/h6,17H,5,7,15H2,1-4H3,(H,16,19). The second-order valence-corrected chi connectivity index (χ2v) is 5.59. The zero-order valence-corrected chi connectivity index (χ0v) is 13.1. The van der Waals surface area contributed by atoms with Gasteiger partial charge in [0.05, 0.1) is 16.1 Å². The van der Waals surface area contributed by atoms with Crippen LogP contribution in [0, 0.1) is 0 Å². The summed E-state index contributed by atoms with van der Waals surface area (Å²) >= 11 is 1.24. The summed E-state index contributed by atoms with van der Waals surface area (Å²) in [6, 6.07) is 0. The Balaban J connectivity index is 3.16. The summed E-state index contributed by atoms with van der Waals surface area (Å²) in [7, 11) is 1.54. The van der Waals surface area contributed by atoms with Crippen molar-refractivity contribution >= 4 is 33.7 Å². The zero-order chi connectivity index (χ0) is 15.3. The van der Waals surface area contributed by atoms with Gasteiger partial charge in [-0.25, -0.2) is 0 Å². The Morgan fingerprint density at radius 2 is 2.00 bits per heavy atom. The van der Waals surface area contributed by atoms with Crippen molar-refractivity contribution in [2.75, 3.05) is 24.6 Å². The summed E-state index contributed by atoms with van der Waals surface area (Å²) in [5.41, 5.74) is 7.76. The van der Waals surface area contributed by atoms with Gasteiger partial charge in [0.25, 0.3) is 5.91 Å². The molecule has 0 saturated carbocycles. The van der Waals surface area contributed by atoms with Crippen LogP contribution in [0.4, 0.5) is 10.7 Å². The highest BCUT2D eigenvalue weighted by Crippen LogP contribution is 2.36. The summed E-state index contributed by atoms with van der Waals surface area (Å²) < 4.78 is 0. The van der Waals surface area contributed by atoms with Crippen molar-refractivity contribution in [2.45, 2.75) is 27.2 Å². The highest BCUT2D eigenvalue weighted by atomic mass is 32.1. The van der Waals surface area contributed by atoms with E-state index in [4.69, 9.17) is 5.73 Å². The number of ketones is 1. The Labute approximate surface area is 123 Å². The molecule has 0 unspecified atom stereocenters. The number of allylic oxidation sites excluding steroid dienone is 1. The number of rotatable bonds is 6. The molecule has 6 heteroatoms. The minimum atomic E-state index is -0.284. The van der Waals surface area contributed by atoms with E-state index >= 15 is 0 Å². The molecule has 5 nitrogen and oxygen atoms in total. The van der Waals surface area contributed by atoms with Crippen molar-refractivity contribution in [3.8, 4) is 0 Å². The van der Waals surface area contributed by atoms with Crippen LogP contribution >= 0.6 is 11.3 Å². The molecule has 1 rings (SSSR count). The summed E-state index contributed by atoms with van der Waals surface area (Å²) in [5, 5.41) is 6.34. The molecule has 0 radical (unpaired) electrons. The molecule has 0 atom stereocenters. The fourth-order valence-electron chi connectivity index (χ4n) is 1.63. The van der Waals surface area contributed by atoms with Crippen molar-refractivity contribution in [3.05, 3.63) is 22.1 Å². The van der Waals surface area contributed by atoms with Crippen LogP contribution in [-0.4, -0.2) is 25.3 Å². The summed E-state index contributed by atoms with van der Waals surface area (Å²) in [6.45, 7) is 6.36. The minimum absolute atomic E-state index is 0.0482. The van der Waals surface area contributed by atoms with Gasteiger partial charge in [0.15, 0.2) is 5.78 Å². The van der Waals surface area contributed by atoms with Gasteiger partial charge in [-0.3, -0.25) is 9.59 Å². The van der Waals surface area contributed by atoms with Crippen LogP contribution in [0.25, 0.3) is 0 Å². The maximum Gasteiger partial charge on any atom is 0.256 e. The third-order valence-corrected chi connectivity index (χ3v) is 3.95. The van der Waals surface area contributed by atoms with Crippen molar-refractivity contribution in [3.63, 3.8) is 0 Å². The molecule has 1 amide bonds. The van der Waals surface area contributed by atoms with E-state index in [1.807, 2.05) is 19.9 Å². The predicted molar refractivity (Wildman–Crippen MR) is 84.7 cm³/mol. The molecule has 110 valence electrons. The average Bonchev–Trinajstić information content (AvgIpc) is 2.73. The number of Topliss-reactive ketones (excluding diaryl/α,β-unsaturated/α-hetero) is 1. The first-order valence-electron chi connectivity index (χ1n) is 6.47. The number of hydrogen-bond acceptors (Lipinski definition) is 5. The number of nitrogens with two attached hydrogens (primary N) is 1. The van der Waals surface area contributed by atoms with E-state index in [2.05, 4.69) is 10.6 Å². The lowest BCUT2D eigenvalue weighted by Crippen LogP contribution is -2.20. The Hall–Kier alpha value is -1.82. The van der Waals surface area contributed by atoms with Crippen LogP contribution in [0.5, 0.6) is 0 Å². The quantitative estimate of drug-likeness (QED) is 0.556. The van der Waals surface area contributed by atoms with Crippen LogP contribution in [0.1, 0.15) is 47.2 Å². The molecule has 0 fully saturated rings. The van der Waals surface area contributed by atoms with Gasteiger partial charge in [0, 0.05) is 20.0 Å². The molecular formula is C14H21N3O2S. The Morgan fingerprint density at radius 3 is 2.50 bits per heavy atom. The smallest absolute Gasteiger partial charge is 0.256 e. The molecule has 0 aliphatic carbocycles. The van der Waals surface area contributed by atoms with E-state index in [0.29, 0.717) is 28.4 Å². The number of carbonyl (C=O) groups excluding carboxylic acids is 2. The number of anilines is 2. The molecule has 0 aliphatic heterocycles. The van der Waals surface area contributed by atoms with Gasteiger partial charge in [-0.05, 0) is 13.8 Å². The molecule has 0 bridgehead atoms. The van der Waals surface area contributed by atoms with Crippen LogP contribution in [0.15, 0.2) is 11.6 Å². The lowest BCUT2D eigenvalue weighted by atomic mass is 10.1. The van der Waals surface area contributed by atoms with E-state index in [-0.39, 0.29) is 17.4 Å². The molecule has 20 heavy (non-hydrogen) atoms. The van der Waals surface area contributed by atoms with Crippen LogP contribution in [0.2, 0.25) is 0 Å². The third-order valence-electron chi connectivity index (χ3n) is 2.75. The molecule has 0 aliphatic rings. The first-order valence-corrected chi connectivity index (χ1v) is 7.28. The fraction of sp³-hybridized carbons (Fsp3) is 0.429. The average molecular weight is 295 g/mol. The SMILES string of the molecule is CCC(=O)c1sc(NCC=C(C)C)c(C(=O)NC)c1N. The Morgan fingerprint density at radius 1 is 1.35 bits per heavy atom. The van der Waals surface area contributed by atoms with Gasteiger partial charge in [0.2, 0.25) is 0 Å². The third kappa shape index (κ3) is 3.60. The van der Waals surface area contributed by atoms with Gasteiger partial charge >= 0.3 is 0 Å². The van der Waals surface area contributed by atoms with Gasteiger partial charge < -0.3 is 16.4 Å². The summed E-state index contributed by atoms with van der Waals surface area (Å²) in [5.74, 6) is -0.332. The molecule has 4 N–H and O–H groups in total. The normalized spacial score (nSPS) is 10.0. The number of nitrogens with one attached hydrogen (secondary N) is 2. The van der Waals surface area contributed by atoms with Gasteiger partial charge in [-0.15, -0.1) is 11.3 Å². The minimum Gasteiger partial charge on any atom is -0.397 e. The maximum atomic E-state index is 11.9. The number of nitrogen functional groups attached to an aromatic ring is 1. The molecule has 0 saturated heterocycles. The summed E-state index contributed by atoms with van der Waals surface area (Å²) in [4.78, 5) is 24.2. The van der Waals surface area contributed by atoms with Crippen LogP contribution in [-0.2, 0) is 0 Å². The number of amides is 1. The Kier molecular flexibility index (Phi) is 5.76. The lowest BCUT2D eigenvalue weighted by Gasteiger charge is -2.05. The van der Waals surface area contributed by atoms with Crippen molar-refractivity contribution in [1.82, 2.24) is 5.32 Å². The van der Waals surface area contributed by atoms with Gasteiger partial charge in [-0.1, -0.05) is 18.6 Å². The second kappa shape index (κ2) is 7.09. The van der Waals surface area contributed by atoms with Gasteiger partial charge in [-0.2, -0.15) is 0 Å². The maximum absolute atomic E-state index is 11.9. The van der Waals surface area contributed by atoms with Crippen molar-refractivity contribution in [2.24, 2.45) is 0 Å². The van der Waals surface area contributed by atoms with Crippen molar-refractivity contribution < 1.29 is 9.59 Å².